The highest BCUT2D eigenvalue weighted by Crippen LogP contribution is 2.30. The van der Waals surface area contributed by atoms with E-state index in [0.717, 1.165) is 30.9 Å². The summed E-state index contributed by atoms with van der Waals surface area (Å²) in [4.78, 5) is 21.3. The van der Waals surface area contributed by atoms with E-state index in [0.29, 0.717) is 5.56 Å². The maximum atomic E-state index is 12.6. The maximum absolute atomic E-state index is 12.6. The number of carbonyl (C=O) groups is 1. The molecule has 1 N–H and O–H groups in total. The predicted molar refractivity (Wildman–Crippen MR) is 95.7 cm³/mol. The Morgan fingerprint density at radius 3 is 2.92 bits per heavy atom. The van der Waals surface area contributed by atoms with Gasteiger partial charge in [0, 0.05) is 25.0 Å². The van der Waals surface area contributed by atoms with Gasteiger partial charge in [0.2, 0.25) is 0 Å². The number of amides is 1. The third-order valence-corrected chi connectivity index (χ3v) is 4.73. The zero-order chi connectivity index (χ0) is 17.2. The van der Waals surface area contributed by atoms with Gasteiger partial charge in [-0.2, -0.15) is 0 Å². The quantitative estimate of drug-likeness (QED) is 0.798. The molecule has 1 atom stereocenters. The third-order valence-electron chi connectivity index (χ3n) is 4.73. The summed E-state index contributed by atoms with van der Waals surface area (Å²) in [6.07, 6.45) is 8.07. The molecule has 0 bridgehead atoms. The van der Waals surface area contributed by atoms with E-state index in [9.17, 15) is 4.79 Å². The molecule has 126 valence electrons. The average molecular weight is 332 g/mol. The van der Waals surface area contributed by atoms with E-state index in [2.05, 4.69) is 34.3 Å². The number of aromatic nitrogens is 3. The molecule has 0 radical (unpaired) electrons. The number of nitrogens with one attached hydrogen (secondary N) is 1. The molecule has 1 amide bonds. The van der Waals surface area contributed by atoms with E-state index in [-0.39, 0.29) is 11.9 Å². The molecule has 0 spiro atoms. The van der Waals surface area contributed by atoms with Gasteiger partial charge in [-0.15, -0.1) is 0 Å². The molecule has 25 heavy (non-hydrogen) atoms. The highest BCUT2D eigenvalue weighted by atomic mass is 16.1. The molecule has 1 aromatic carbocycles. The Hall–Kier alpha value is -2.95. The number of imidazole rings is 1. The second kappa shape index (κ2) is 6.51. The molecule has 4 rings (SSSR count). The van der Waals surface area contributed by atoms with Crippen molar-refractivity contribution in [3.05, 3.63) is 77.5 Å². The molecule has 0 aliphatic heterocycles. The molecule has 5 heteroatoms. The fraction of sp³-hybridized carbons (Fsp3) is 0.250. The van der Waals surface area contributed by atoms with E-state index in [1.807, 2.05) is 35.0 Å². The molecule has 0 saturated carbocycles. The van der Waals surface area contributed by atoms with E-state index >= 15 is 0 Å². The summed E-state index contributed by atoms with van der Waals surface area (Å²) in [5.74, 6) is 1.64. The van der Waals surface area contributed by atoms with Gasteiger partial charge in [-0.05, 0) is 36.1 Å². The zero-order valence-electron chi connectivity index (χ0n) is 14.1. The fourth-order valence-corrected chi connectivity index (χ4v) is 3.42. The minimum Gasteiger partial charge on any atom is -0.345 e. The van der Waals surface area contributed by atoms with Crippen molar-refractivity contribution in [3.8, 4) is 5.82 Å². The SMILES string of the molecule is CCc1nccn1-c1ccc(C(=O)N[C@@H]2CCc3ccccc32)cn1. The molecule has 1 aliphatic rings. The van der Waals surface area contributed by atoms with Crippen molar-refractivity contribution in [1.82, 2.24) is 19.9 Å². The number of hydrogen-bond donors (Lipinski definition) is 1. The van der Waals surface area contributed by atoms with Crippen LogP contribution in [0.1, 0.15) is 46.7 Å². The smallest absolute Gasteiger partial charge is 0.253 e. The standard InChI is InChI=1S/C20H20N4O/c1-2-18-21-11-12-24(18)19-10-8-15(13-22-19)20(25)23-17-9-7-14-5-3-4-6-16(14)17/h3-6,8,10-13,17H,2,7,9H2,1H3,(H,23,25)/t17-/m1/s1. The Morgan fingerprint density at radius 2 is 2.12 bits per heavy atom. The largest absolute Gasteiger partial charge is 0.345 e. The molecule has 0 fully saturated rings. The molecule has 1 aliphatic carbocycles. The number of aryl methyl sites for hydroxylation is 2. The molecular formula is C20H20N4O. The van der Waals surface area contributed by atoms with Gasteiger partial charge in [0.15, 0.2) is 0 Å². The van der Waals surface area contributed by atoms with Gasteiger partial charge < -0.3 is 5.32 Å². The van der Waals surface area contributed by atoms with Crippen LogP contribution in [0, 0.1) is 0 Å². The van der Waals surface area contributed by atoms with Gasteiger partial charge in [0.1, 0.15) is 11.6 Å². The molecule has 5 nitrogen and oxygen atoms in total. The summed E-state index contributed by atoms with van der Waals surface area (Å²) >= 11 is 0. The average Bonchev–Trinajstić information content (AvgIpc) is 3.29. The normalized spacial score (nSPS) is 15.8. The number of carbonyl (C=O) groups excluding carboxylic acids is 1. The number of rotatable bonds is 4. The highest BCUT2D eigenvalue weighted by Gasteiger charge is 2.23. The second-order valence-electron chi connectivity index (χ2n) is 6.24. The van der Waals surface area contributed by atoms with Crippen LogP contribution in [0.5, 0.6) is 0 Å². The van der Waals surface area contributed by atoms with Crippen LogP contribution in [0.3, 0.4) is 0 Å². The van der Waals surface area contributed by atoms with Gasteiger partial charge in [-0.1, -0.05) is 31.2 Å². The first-order valence-corrected chi connectivity index (χ1v) is 8.63. The first-order valence-electron chi connectivity index (χ1n) is 8.63. The summed E-state index contributed by atoms with van der Waals surface area (Å²) in [6.45, 7) is 2.06. The Kier molecular flexibility index (Phi) is 4.06. The highest BCUT2D eigenvalue weighted by molar-refractivity contribution is 5.94. The predicted octanol–water partition coefficient (Wildman–Crippen LogP) is 3.25. The van der Waals surface area contributed by atoms with Gasteiger partial charge in [0.05, 0.1) is 11.6 Å². The van der Waals surface area contributed by atoms with Crippen molar-refractivity contribution in [3.63, 3.8) is 0 Å². The van der Waals surface area contributed by atoms with Crippen LogP contribution < -0.4 is 5.32 Å². The fourth-order valence-electron chi connectivity index (χ4n) is 3.42. The van der Waals surface area contributed by atoms with Crippen molar-refractivity contribution in [2.45, 2.75) is 32.2 Å². The van der Waals surface area contributed by atoms with E-state index < -0.39 is 0 Å². The number of nitrogens with zero attached hydrogens (tertiary/aromatic N) is 3. The van der Waals surface area contributed by atoms with Crippen LogP contribution >= 0.6 is 0 Å². The Labute approximate surface area is 146 Å². The molecule has 3 aromatic rings. The van der Waals surface area contributed by atoms with Crippen LogP contribution in [-0.2, 0) is 12.8 Å². The monoisotopic (exact) mass is 332 g/mol. The summed E-state index contributed by atoms with van der Waals surface area (Å²) in [6, 6.07) is 12.1. The van der Waals surface area contributed by atoms with Gasteiger partial charge in [0.25, 0.3) is 5.91 Å². The van der Waals surface area contributed by atoms with Crippen LogP contribution in [0.15, 0.2) is 55.0 Å². The Morgan fingerprint density at radius 1 is 1.24 bits per heavy atom. The zero-order valence-corrected chi connectivity index (χ0v) is 14.1. The van der Waals surface area contributed by atoms with E-state index in [1.165, 1.54) is 11.1 Å². The third kappa shape index (κ3) is 2.93. The number of benzene rings is 1. The topological polar surface area (TPSA) is 59.8 Å². The lowest BCUT2D eigenvalue weighted by atomic mass is 10.1. The van der Waals surface area contributed by atoms with Crippen LogP contribution in [0.4, 0.5) is 0 Å². The lowest BCUT2D eigenvalue weighted by Gasteiger charge is -2.14. The van der Waals surface area contributed by atoms with Crippen LogP contribution in [-0.4, -0.2) is 20.4 Å². The molecule has 0 saturated heterocycles. The van der Waals surface area contributed by atoms with Crippen LogP contribution in [0.2, 0.25) is 0 Å². The number of hydrogen-bond acceptors (Lipinski definition) is 3. The summed E-state index contributed by atoms with van der Waals surface area (Å²) < 4.78 is 1.94. The molecule has 2 aromatic heterocycles. The summed E-state index contributed by atoms with van der Waals surface area (Å²) in [5, 5.41) is 3.13. The van der Waals surface area contributed by atoms with Crippen molar-refractivity contribution >= 4 is 5.91 Å². The number of fused-ring (bicyclic) bond motifs is 1. The molecular weight excluding hydrogens is 312 g/mol. The summed E-state index contributed by atoms with van der Waals surface area (Å²) in [7, 11) is 0. The van der Waals surface area contributed by atoms with Crippen LogP contribution in [0.25, 0.3) is 5.82 Å². The molecule has 2 heterocycles. The maximum Gasteiger partial charge on any atom is 0.253 e. The van der Waals surface area contributed by atoms with Gasteiger partial charge >= 0.3 is 0 Å². The Balaban J connectivity index is 1.50. The van der Waals surface area contributed by atoms with Crippen molar-refractivity contribution < 1.29 is 4.79 Å². The number of pyridine rings is 1. The van der Waals surface area contributed by atoms with Crippen molar-refractivity contribution in [2.75, 3.05) is 0 Å². The van der Waals surface area contributed by atoms with Crippen molar-refractivity contribution in [2.24, 2.45) is 0 Å². The van der Waals surface area contributed by atoms with Gasteiger partial charge in [-0.25, -0.2) is 9.97 Å². The van der Waals surface area contributed by atoms with Crippen molar-refractivity contribution in [1.29, 1.82) is 0 Å². The lowest BCUT2D eigenvalue weighted by molar-refractivity contribution is 0.0936. The first kappa shape index (κ1) is 15.6. The second-order valence-corrected chi connectivity index (χ2v) is 6.24. The van der Waals surface area contributed by atoms with Gasteiger partial charge in [-0.3, -0.25) is 9.36 Å². The Bertz CT molecular complexity index is 898. The molecule has 0 unspecified atom stereocenters. The lowest BCUT2D eigenvalue weighted by Crippen LogP contribution is -2.27. The summed E-state index contributed by atoms with van der Waals surface area (Å²) in [5.41, 5.74) is 3.13. The van der Waals surface area contributed by atoms with E-state index in [4.69, 9.17) is 0 Å². The van der Waals surface area contributed by atoms with E-state index in [1.54, 1.807) is 12.4 Å². The minimum absolute atomic E-state index is 0.0814. The minimum atomic E-state index is -0.0814. The first-order chi connectivity index (χ1) is 12.3.